The van der Waals surface area contributed by atoms with Gasteiger partial charge >= 0.3 is 0 Å². The summed E-state index contributed by atoms with van der Waals surface area (Å²) in [5, 5.41) is 0. The van der Waals surface area contributed by atoms with Crippen molar-refractivity contribution in [3.63, 3.8) is 0 Å². The van der Waals surface area contributed by atoms with Crippen LogP contribution in [0.15, 0.2) is 24.3 Å². The van der Waals surface area contributed by atoms with Crippen LogP contribution in [0.5, 0.6) is 0 Å². The van der Waals surface area contributed by atoms with Crippen molar-refractivity contribution in [1.82, 2.24) is 0 Å². The SMILES string of the molecule is CC1CCC(c2cc(F)c(C3CCC(C4CCC(c5cc(F)c(F)c(F)c5)CC4)CC3)c(F)c2)CC1. The van der Waals surface area contributed by atoms with Gasteiger partial charge in [-0.3, -0.25) is 0 Å². The summed E-state index contributed by atoms with van der Waals surface area (Å²) in [4.78, 5) is 0. The molecule has 3 fully saturated rings. The molecule has 0 heterocycles. The summed E-state index contributed by atoms with van der Waals surface area (Å²) in [7, 11) is 0. The number of halogens is 5. The summed E-state index contributed by atoms with van der Waals surface area (Å²) in [6.45, 7) is 2.25. The monoisotopic (exact) mass is 504 g/mol. The third-order valence-electron chi connectivity index (χ3n) is 9.68. The van der Waals surface area contributed by atoms with E-state index in [0.717, 1.165) is 94.7 Å². The Balaban J connectivity index is 1.16. The molecule has 3 aliphatic rings. The van der Waals surface area contributed by atoms with Crippen molar-refractivity contribution in [3.05, 3.63) is 70.0 Å². The van der Waals surface area contributed by atoms with Crippen LogP contribution in [-0.2, 0) is 0 Å². The second-order valence-electron chi connectivity index (χ2n) is 11.9. The van der Waals surface area contributed by atoms with Gasteiger partial charge < -0.3 is 0 Å². The molecule has 0 aromatic heterocycles. The first-order chi connectivity index (χ1) is 17.3. The maximum Gasteiger partial charge on any atom is 0.194 e. The molecule has 0 amide bonds. The van der Waals surface area contributed by atoms with Crippen LogP contribution in [0.2, 0.25) is 0 Å². The van der Waals surface area contributed by atoms with E-state index in [4.69, 9.17) is 0 Å². The third-order valence-corrected chi connectivity index (χ3v) is 9.68. The number of hydrogen-bond donors (Lipinski definition) is 0. The first-order valence-corrected chi connectivity index (χ1v) is 13.9. The lowest BCUT2D eigenvalue weighted by Gasteiger charge is -2.38. The minimum absolute atomic E-state index is 0.0521. The minimum Gasteiger partial charge on any atom is -0.207 e. The molecule has 3 aliphatic carbocycles. The summed E-state index contributed by atoms with van der Waals surface area (Å²) in [5.41, 5.74) is 1.66. The molecule has 0 N–H and O–H groups in total. The Kier molecular flexibility index (Phi) is 7.74. The fourth-order valence-electron chi connectivity index (χ4n) is 7.44. The highest BCUT2D eigenvalue weighted by Gasteiger charge is 2.34. The van der Waals surface area contributed by atoms with Crippen molar-refractivity contribution >= 4 is 0 Å². The second-order valence-corrected chi connectivity index (χ2v) is 11.9. The second kappa shape index (κ2) is 10.8. The Bertz CT molecular complexity index is 1010. The molecule has 0 nitrogen and oxygen atoms in total. The zero-order valence-corrected chi connectivity index (χ0v) is 21.1. The van der Waals surface area contributed by atoms with Gasteiger partial charge in [-0.25, -0.2) is 22.0 Å². The predicted molar refractivity (Wildman–Crippen MR) is 132 cm³/mol. The Morgan fingerprint density at radius 1 is 0.472 bits per heavy atom. The zero-order chi connectivity index (χ0) is 25.4. The van der Waals surface area contributed by atoms with E-state index in [9.17, 15) is 13.2 Å². The van der Waals surface area contributed by atoms with Crippen LogP contribution in [0.4, 0.5) is 22.0 Å². The van der Waals surface area contributed by atoms with Crippen molar-refractivity contribution in [2.24, 2.45) is 17.8 Å². The molecule has 3 saturated carbocycles. The van der Waals surface area contributed by atoms with Crippen LogP contribution in [0.1, 0.15) is 118 Å². The predicted octanol–water partition coefficient (Wildman–Crippen LogP) is 9.92. The van der Waals surface area contributed by atoms with Gasteiger partial charge in [0.1, 0.15) is 11.6 Å². The lowest BCUT2D eigenvalue weighted by Crippen LogP contribution is -2.25. The molecule has 0 unspecified atom stereocenters. The smallest absolute Gasteiger partial charge is 0.194 e. The Labute approximate surface area is 211 Å². The molecule has 2 aromatic rings. The van der Waals surface area contributed by atoms with Gasteiger partial charge in [0, 0.05) is 5.56 Å². The van der Waals surface area contributed by atoms with Crippen LogP contribution < -0.4 is 0 Å². The highest BCUT2D eigenvalue weighted by molar-refractivity contribution is 5.32. The standard InChI is InChI=1S/C31H37F5/c1-18-2-4-21(5-3-18)24-14-26(32)30(27(33)15-24)23-12-10-20(11-13-23)19-6-8-22(9-7-19)25-16-28(34)31(36)29(35)17-25/h14-23H,2-13H2,1H3. The molecule has 0 bridgehead atoms. The summed E-state index contributed by atoms with van der Waals surface area (Å²) < 4.78 is 70.9. The van der Waals surface area contributed by atoms with Crippen LogP contribution in [0, 0.1) is 46.8 Å². The highest BCUT2D eigenvalue weighted by atomic mass is 19.2. The van der Waals surface area contributed by atoms with E-state index in [1.807, 2.05) is 0 Å². The van der Waals surface area contributed by atoms with E-state index in [1.165, 1.54) is 0 Å². The zero-order valence-electron chi connectivity index (χ0n) is 21.1. The third kappa shape index (κ3) is 5.36. The molecule has 5 heteroatoms. The van der Waals surface area contributed by atoms with E-state index >= 15 is 8.78 Å². The minimum atomic E-state index is -1.41. The first-order valence-electron chi connectivity index (χ1n) is 13.9. The molecular formula is C31H37F5. The summed E-state index contributed by atoms with van der Waals surface area (Å²) >= 11 is 0. The summed E-state index contributed by atoms with van der Waals surface area (Å²) in [6.07, 6.45) is 11.4. The lowest BCUT2D eigenvalue weighted by molar-refractivity contribution is 0.175. The van der Waals surface area contributed by atoms with Gasteiger partial charge in [0.05, 0.1) is 0 Å². The average molecular weight is 505 g/mol. The van der Waals surface area contributed by atoms with Crippen molar-refractivity contribution in [2.75, 3.05) is 0 Å². The van der Waals surface area contributed by atoms with E-state index in [0.29, 0.717) is 23.3 Å². The Morgan fingerprint density at radius 2 is 0.833 bits per heavy atom. The molecule has 0 radical (unpaired) electrons. The summed E-state index contributed by atoms with van der Waals surface area (Å²) in [6, 6.07) is 5.48. The molecular weight excluding hydrogens is 467 g/mol. The van der Waals surface area contributed by atoms with E-state index in [-0.39, 0.29) is 35.0 Å². The van der Waals surface area contributed by atoms with Gasteiger partial charge in [0.25, 0.3) is 0 Å². The van der Waals surface area contributed by atoms with Crippen LogP contribution in [-0.4, -0.2) is 0 Å². The van der Waals surface area contributed by atoms with E-state index in [2.05, 4.69) is 6.92 Å². The number of benzene rings is 2. The largest absolute Gasteiger partial charge is 0.207 e. The number of hydrogen-bond acceptors (Lipinski definition) is 0. The summed E-state index contributed by atoms with van der Waals surface area (Å²) in [5.74, 6) is -2.37. The average Bonchev–Trinajstić information content (AvgIpc) is 2.87. The first kappa shape index (κ1) is 25.7. The molecule has 0 aliphatic heterocycles. The van der Waals surface area contributed by atoms with Crippen molar-refractivity contribution in [3.8, 4) is 0 Å². The van der Waals surface area contributed by atoms with E-state index < -0.39 is 17.5 Å². The number of rotatable bonds is 4. The lowest BCUT2D eigenvalue weighted by atomic mass is 9.67. The van der Waals surface area contributed by atoms with Gasteiger partial charge in [-0.2, -0.15) is 0 Å². The Hall–Kier alpha value is -1.91. The molecule has 0 saturated heterocycles. The highest BCUT2D eigenvalue weighted by Crippen LogP contribution is 2.47. The maximum atomic E-state index is 15.1. The van der Waals surface area contributed by atoms with E-state index in [1.54, 1.807) is 12.1 Å². The van der Waals surface area contributed by atoms with Gasteiger partial charge in [-0.1, -0.05) is 19.8 Å². The normalized spacial score (nSPS) is 31.4. The molecule has 0 spiro atoms. The van der Waals surface area contributed by atoms with Crippen molar-refractivity contribution in [2.45, 2.75) is 102 Å². The molecule has 36 heavy (non-hydrogen) atoms. The van der Waals surface area contributed by atoms with Gasteiger partial charge in [0.15, 0.2) is 17.5 Å². The topological polar surface area (TPSA) is 0 Å². The quantitative estimate of drug-likeness (QED) is 0.287. The molecule has 2 aromatic carbocycles. The van der Waals surface area contributed by atoms with Crippen LogP contribution in [0.25, 0.3) is 0 Å². The fraction of sp³-hybridized carbons (Fsp3) is 0.613. The fourth-order valence-corrected chi connectivity index (χ4v) is 7.44. The van der Waals surface area contributed by atoms with Gasteiger partial charge in [-0.15, -0.1) is 0 Å². The van der Waals surface area contributed by atoms with Gasteiger partial charge in [0.2, 0.25) is 0 Å². The molecule has 0 atom stereocenters. The van der Waals surface area contributed by atoms with Crippen molar-refractivity contribution < 1.29 is 22.0 Å². The molecule has 196 valence electrons. The Morgan fingerprint density at radius 3 is 1.28 bits per heavy atom. The van der Waals surface area contributed by atoms with Crippen molar-refractivity contribution in [1.29, 1.82) is 0 Å². The van der Waals surface area contributed by atoms with Crippen LogP contribution >= 0.6 is 0 Å². The van der Waals surface area contributed by atoms with Gasteiger partial charge in [-0.05, 0) is 135 Å². The maximum absolute atomic E-state index is 15.1. The van der Waals surface area contributed by atoms with Crippen LogP contribution in [0.3, 0.4) is 0 Å². The molecule has 5 rings (SSSR count).